The van der Waals surface area contributed by atoms with E-state index in [2.05, 4.69) is 10.3 Å². The lowest BCUT2D eigenvalue weighted by Gasteiger charge is -2.17. The Kier molecular flexibility index (Phi) is 4.02. The summed E-state index contributed by atoms with van der Waals surface area (Å²) in [5, 5.41) is 16.0. The van der Waals surface area contributed by atoms with E-state index in [1.807, 2.05) is 32.0 Å². The first kappa shape index (κ1) is 14.7. The van der Waals surface area contributed by atoms with Crippen molar-refractivity contribution in [1.29, 1.82) is 0 Å². The summed E-state index contributed by atoms with van der Waals surface area (Å²) < 4.78 is 1.12. The van der Waals surface area contributed by atoms with Crippen LogP contribution in [0.2, 0.25) is 0 Å². The van der Waals surface area contributed by atoms with Crippen molar-refractivity contribution in [3.05, 3.63) is 41.2 Å². The van der Waals surface area contributed by atoms with Crippen molar-refractivity contribution >= 4 is 17.6 Å². The van der Waals surface area contributed by atoms with Gasteiger partial charge < -0.3 is 10.0 Å². The molecule has 0 aliphatic rings. The third-order valence-electron chi connectivity index (χ3n) is 2.95. The van der Waals surface area contributed by atoms with Gasteiger partial charge in [0.15, 0.2) is 5.69 Å². The SMILES string of the molecule is Cc1cc(C)cc(N(C)C(=O)c2cn(CC(=O)O)nn2)c1. The monoisotopic (exact) mass is 288 g/mol. The van der Waals surface area contributed by atoms with E-state index in [9.17, 15) is 9.59 Å². The molecule has 0 radical (unpaired) electrons. The number of hydrogen-bond acceptors (Lipinski definition) is 4. The van der Waals surface area contributed by atoms with Crippen LogP contribution in [-0.2, 0) is 11.3 Å². The van der Waals surface area contributed by atoms with Gasteiger partial charge in [0.05, 0.1) is 6.20 Å². The second-order valence-corrected chi connectivity index (χ2v) is 4.91. The molecule has 0 saturated carbocycles. The number of carbonyl (C=O) groups excluding carboxylic acids is 1. The third kappa shape index (κ3) is 3.44. The molecule has 0 saturated heterocycles. The van der Waals surface area contributed by atoms with Gasteiger partial charge >= 0.3 is 5.97 Å². The van der Waals surface area contributed by atoms with Crippen LogP contribution in [0.3, 0.4) is 0 Å². The maximum Gasteiger partial charge on any atom is 0.325 e. The van der Waals surface area contributed by atoms with Gasteiger partial charge in [-0.2, -0.15) is 0 Å². The first-order valence-corrected chi connectivity index (χ1v) is 6.35. The van der Waals surface area contributed by atoms with E-state index in [1.165, 1.54) is 11.1 Å². The molecule has 1 aromatic carbocycles. The van der Waals surface area contributed by atoms with Crippen LogP contribution in [0.1, 0.15) is 21.6 Å². The van der Waals surface area contributed by atoms with Crippen LogP contribution in [0.15, 0.2) is 24.4 Å². The molecule has 0 spiro atoms. The van der Waals surface area contributed by atoms with E-state index >= 15 is 0 Å². The summed E-state index contributed by atoms with van der Waals surface area (Å²) in [6.45, 7) is 3.59. The first-order chi connectivity index (χ1) is 9.86. The van der Waals surface area contributed by atoms with Crippen LogP contribution in [-0.4, -0.2) is 39.0 Å². The van der Waals surface area contributed by atoms with Gasteiger partial charge in [-0.3, -0.25) is 9.59 Å². The van der Waals surface area contributed by atoms with Gasteiger partial charge in [-0.25, -0.2) is 4.68 Å². The smallest absolute Gasteiger partial charge is 0.325 e. The number of nitrogens with zero attached hydrogens (tertiary/aromatic N) is 4. The molecular formula is C14H16N4O3. The highest BCUT2D eigenvalue weighted by Gasteiger charge is 2.18. The maximum absolute atomic E-state index is 12.3. The molecule has 0 aliphatic carbocycles. The summed E-state index contributed by atoms with van der Waals surface area (Å²) in [5.41, 5.74) is 2.97. The van der Waals surface area contributed by atoms with Crippen molar-refractivity contribution in [2.45, 2.75) is 20.4 Å². The second-order valence-electron chi connectivity index (χ2n) is 4.91. The Labute approximate surface area is 121 Å². The van der Waals surface area contributed by atoms with Crippen molar-refractivity contribution in [3.8, 4) is 0 Å². The average Bonchev–Trinajstić information content (AvgIpc) is 2.83. The van der Waals surface area contributed by atoms with Crippen molar-refractivity contribution < 1.29 is 14.7 Å². The molecule has 0 bridgehead atoms. The Bertz CT molecular complexity index is 673. The number of aryl methyl sites for hydroxylation is 2. The van der Waals surface area contributed by atoms with E-state index in [0.717, 1.165) is 21.5 Å². The van der Waals surface area contributed by atoms with Gasteiger partial charge in [-0.05, 0) is 37.1 Å². The third-order valence-corrected chi connectivity index (χ3v) is 2.95. The molecule has 1 aromatic heterocycles. The Balaban J connectivity index is 2.22. The molecule has 7 nitrogen and oxygen atoms in total. The van der Waals surface area contributed by atoms with Gasteiger partial charge in [-0.1, -0.05) is 11.3 Å². The minimum Gasteiger partial charge on any atom is -0.480 e. The zero-order chi connectivity index (χ0) is 15.6. The summed E-state index contributed by atoms with van der Waals surface area (Å²) in [7, 11) is 1.65. The number of carboxylic acids is 1. The fraction of sp³-hybridized carbons (Fsp3) is 0.286. The molecule has 0 unspecified atom stereocenters. The summed E-state index contributed by atoms with van der Waals surface area (Å²) in [6.07, 6.45) is 1.33. The highest BCUT2D eigenvalue weighted by Crippen LogP contribution is 2.19. The normalized spacial score (nSPS) is 10.4. The molecule has 1 N–H and O–H groups in total. The predicted molar refractivity (Wildman–Crippen MR) is 76.3 cm³/mol. The summed E-state index contributed by atoms with van der Waals surface area (Å²) in [5.74, 6) is -1.38. The lowest BCUT2D eigenvalue weighted by atomic mass is 10.1. The minimum atomic E-state index is -1.04. The Morgan fingerprint density at radius 1 is 1.24 bits per heavy atom. The fourth-order valence-corrected chi connectivity index (χ4v) is 2.05. The number of rotatable bonds is 4. The van der Waals surface area contributed by atoms with Crippen LogP contribution in [0.5, 0.6) is 0 Å². The number of aromatic nitrogens is 3. The topological polar surface area (TPSA) is 88.3 Å². The second kappa shape index (κ2) is 5.74. The minimum absolute atomic E-state index is 0.109. The molecule has 0 aliphatic heterocycles. The Hall–Kier alpha value is -2.70. The number of carboxylic acid groups (broad SMARTS) is 1. The van der Waals surface area contributed by atoms with Crippen LogP contribution in [0, 0.1) is 13.8 Å². The number of benzene rings is 1. The predicted octanol–water partition coefficient (Wildman–Crippen LogP) is 1.26. The van der Waals surface area contributed by atoms with Crippen molar-refractivity contribution in [2.24, 2.45) is 0 Å². The Morgan fingerprint density at radius 2 is 1.86 bits per heavy atom. The van der Waals surface area contributed by atoms with E-state index < -0.39 is 5.97 Å². The molecule has 2 rings (SSSR count). The van der Waals surface area contributed by atoms with Gasteiger partial charge in [0.2, 0.25) is 0 Å². The first-order valence-electron chi connectivity index (χ1n) is 6.35. The molecule has 0 fully saturated rings. The molecule has 1 heterocycles. The fourth-order valence-electron chi connectivity index (χ4n) is 2.05. The maximum atomic E-state index is 12.3. The molecule has 7 heteroatoms. The summed E-state index contributed by atoms with van der Waals surface area (Å²) in [4.78, 5) is 24.4. The molecule has 0 atom stereocenters. The van der Waals surface area contributed by atoms with Crippen LogP contribution >= 0.6 is 0 Å². The lowest BCUT2D eigenvalue weighted by Crippen LogP contribution is -2.26. The molecule has 110 valence electrons. The van der Waals surface area contributed by atoms with E-state index in [-0.39, 0.29) is 18.1 Å². The van der Waals surface area contributed by atoms with Crippen molar-refractivity contribution in [3.63, 3.8) is 0 Å². The number of aliphatic carboxylic acids is 1. The van der Waals surface area contributed by atoms with Gasteiger partial charge in [0.1, 0.15) is 6.54 Å². The van der Waals surface area contributed by atoms with Gasteiger partial charge in [-0.15, -0.1) is 5.10 Å². The molecule has 21 heavy (non-hydrogen) atoms. The van der Waals surface area contributed by atoms with E-state index in [1.54, 1.807) is 7.05 Å². The number of hydrogen-bond donors (Lipinski definition) is 1. The highest BCUT2D eigenvalue weighted by atomic mass is 16.4. The highest BCUT2D eigenvalue weighted by molar-refractivity contribution is 6.04. The largest absolute Gasteiger partial charge is 0.480 e. The summed E-state index contributed by atoms with van der Waals surface area (Å²) in [6, 6.07) is 5.81. The number of anilines is 1. The average molecular weight is 288 g/mol. The van der Waals surface area contributed by atoms with Crippen LogP contribution < -0.4 is 4.90 Å². The standard InChI is InChI=1S/C14H16N4O3/c1-9-4-10(2)6-11(5-9)17(3)14(21)12-7-18(16-15-12)8-13(19)20/h4-7H,8H2,1-3H3,(H,19,20). The van der Waals surface area contributed by atoms with Crippen molar-refractivity contribution in [1.82, 2.24) is 15.0 Å². The Morgan fingerprint density at radius 3 is 2.43 bits per heavy atom. The van der Waals surface area contributed by atoms with Gasteiger partial charge in [0, 0.05) is 12.7 Å². The molecule has 2 aromatic rings. The molecule has 1 amide bonds. The quantitative estimate of drug-likeness (QED) is 0.914. The van der Waals surface area contributed by atoms with E-state index in [4.69, 9.17) is 5.11 Å². The van der Waals surface area contributed by atoms with E-state index in [0.29, 0.717) is 0 Å². The zero-order valence-electron chi connectivity index (χ0n) is 12.1. The zero-order valence-corrected chi connectivity index (χ0v) is 12.1. The number of carbonyl (C=O) groups is 2. The van der Waals surface area contributed by atoms with Crippen LogP contribution in [0.25, 0.3) is 0 Å². The number of amides is 1. The summed E-state index contributed by atoms with van der Waals surface area (Å²) >= 11 is 0. The van der Waals surface area contributed by atoms with Crippen LogP contribution in [0.4, 0.5) is 5.69 Å². The van der Waals surface area contributed by atoms with Gasteiger partial charge in [0.25, 0.3) is 5.91 Å². The van der Waals surface area contributed by atoms with Crippen molar-refractivity contribution in [2.75, 3.05) is 11.9 Å². The molecular weight excluding hydrogens is 272 g/mol. The lowest BCUT2D eigenvalue weighted by molar-refractivity contribution is -0.137.